The predicted molar refractivity (Wildman–Crippen MR) is 49.5 cm³/mol. The van der Waals surface area contributed by atoms with Crippen LogP contribution in [0.25, 0.3) is 5.65 Å². The Morgan fingerprint density at radius 3 is 2.69 bits per heavy atom. The number of hydrogen-bond acceptors (Lipinski definition) is 3. The minimum atomic E-state index is 0.0210. The average molecular weight is 176 g/mol. The molecule has 0 bridgehead atoms. The van der Waals surface area contributed by atoms with E-state index in [0.717, 1.165) is 11.3 Å². The van der Waals surface area contributed by atoms with Crippen molar-refractivity contribution in [2.24, 2.45) is 0 Å². The van der Waals surface area contributed by atoms with E-state index in [4.69, 9.17) is 0 Å². The molecule has 0 radical (unpaired) electrons. The molecule has 2 heterocycles. The molecule has 0 spiro atoms. The average Bonchev–Trinajstić information content (AvgIpc) is 2.47. The van der Waals surface area contributed by atoms with Gasteiger partial charge in [-0.2, -0.15) is 10.2 Å². The third kappa shape index (κ3) is 1.39. The number of rotatable bonds is 0. The van der Waals surface area contributed by atoms with Crippen LogP contribution in [0.2, 0.25) is 0 Å². The number of aromatic nitrogens is 4. The molecular weight excluding hydrogens is 164 g/mol. The normalized spacial score (nSPS) is 12.2. The van der Waals surface area contributed by atoms with E-state index in [9.17, 15) is 0 Å². The molecule has 4 heteroatoms. The van der Waals surface area contributed by atoms with Crippen LogP contribution in [-0.2, 0) is 5.41 Å². The van der Waals surface area contributed by atoms with E-state index in [1.54, 1.807) is 10.7 Å². The smallest absolute Gasteiger partial charge is 0.177 e. The van der Waals surface area contributed by atoms with Gasteiger partial charge in [0.25, 0.3) is 0 Å². The van der Waals surface area contributed by atoms with Crippen LogP contribution < -0.4 is 0 Å². The molecule has 0 atom stereocenters. The molecule has 0 N–H and O–H groups in total. The fraction of sp³-hybridized carbons (Fsp3) is 0.444. The quantitative estimate of drug-likeness (QED) is 0.609. The number of nitrogens with zero attached hydrogens (tertiary/aromatic N) is 4. The van der Waals surface area contributed by atoms with Crippen molar-refractivity contribution >= 4 is 5.65 Å². The molecule has 0 aliphatic rings. The maximum absolute atomic E-state index is 4.14. The maximum Gasteiger partial charge on any atom is 0.177 e. The Balaban J connectivity index is 2.61. The lowest BCUT2D eigenvalue weighted by Crippen LogP contribution is -2.15. The van der Waals surface area contributed by atoms with Crippen LogP contribution in [0, 0.1) is 0 Å². The van der Waals surface area contributed by atoms with Crippen molar-refractivity contribution in [1.82, 2.24) is 19.8 Å². The molecule has 2 aromatic heterocycles. The maximum atomic E-state index is 4.14. The SMILES string of the molecule is CC(C)(C)c1cn2nccc2nn1. The summed E-state index contributed by atoms with van der Waals surface area (Å²) in [5, 5.41) is 12.3. The van der Waals surface area contributed by atoms with Crippen LogP contribution >= 0.6 is 0 Å². The molecule has 0 amide bonds. The van der Waals surface area contributed by atoms with Gasteiger partial charge in [-0.25, -0.2) is 4.52 Å². The lowest BCUT2D eigenvalue weighted by Gasteiger charge is -2.15. The van der Waals surface area contributed by atoms with Crippen molar-refractivity contribution < 1.29 is 0 Å². The van der Waals surface area contributed by atoms with Crippen LogP contribution in [0.4, 0.5) is 0 Å². The van der Waals surface area contributed by atoms with Crippen molar-refractivity contribution in [2.75, 3.05) is 0 Å². The summed E-state index contributed by atoms with van der Waals surface area (Å²) < 4.78 is 1.74. The molecule has 4 nitrogen and oxygen atoms in total. The molecule has 0 aliphatic heterocycles. The molecule has 0 saturated carbocycles. The van der Waals surface area contributed by atoms with E-state index in [1.165, 1.54) is 0 Å². The van der Waals surface area contributed by atoms with Gasteiger partial charge in [0.15, 0.2) is 5.65 Å². The van der Waals surface area contributed by atoms with Crippen LogP contribution in [0.1, 0.15) is 26.5 Å². The monoisotopic (exact) mass is 176 g/mol. The second-order valence-electron chi connectivity index (χ2n) is 4.10. The summed E-state index contributed by atoms with van der Waals surface area (Å²) in [4.78, 5) is 0. The second kappa shape index (κ2) is 2.52. The Labute approximate surface area is 76.6 Å². The van der Waals surface area contributed by atoms with Gasteiger partial charge in [0.1, 0.15) is 0 Å². The fourth-order valence-corrected chi connectivity index (χ4v) is 1.08. The molecular formula is C9H12N4. The molecule has 2 aromatic rings. The fourth-order valence-electron chi connectivity index (χ4n) is 1.08. The first-order chi connectivity index (χ1) is 6.07. The van der Waals surface area contributed by atoms with Gasteiger partial charge < -0.3 is 0 Å². The van der Waals surface area contributed by atoms with Gasteiger partial charge in [0.05, 0.1) is 18.1 Å². The molecule has 0 aliphatic carbocycles. The standard InChI is InChI=1S/C9H12N4/c1-9(2,3)7-6-13-8(12-11-7)4-5-10-13/h4-6H,1-3H3. The van der Waals surface area contributed by atoms with E-state index in [2.05, 4.69) is 36.1 Å². The molecule has 2 rings (SSSR count). The largest absolute Gasteiger partial charge is 0.219 e. The summed E-state index contributed by atoms with van der Waals surface area (Å²) >= 11 is 0. The first-order valence-electron chi connectivity index (χ1n) is 4.25. The first kappa shape index (κ1) is 8.16. The lowest BCUT2D eigenvalue weighted by molar-refractivity contribution is 0.551. The van der Waals surface area contributed by atoms with Gasteiger partial charge in [-0.05, 0) is 0 Å². The van der Waals surface area contributed by atoms with E-state index in [1.807, 2.05) is 12.3 Å². The van der Waals surface area contributed by atoms with Crippen molar-refractivity contribution in [1.29, 1.82) is 0 Å². The Bertz CT molecular complexity index is 424. The highest BCUT2D eigenvalue weighted by atomic mass is 15.3. The van der Waals surface area contributed by atoms with Crippen LogP contribution in [0.15, 0.2) is 18.5 Å². The van der Waals surface area contributed by atoms with E-state index in [-0.39, 0.29) is 5.41 Å². The third-order valence-corrected chi connectivity index (χ3v) is 1.92. The second-order valence-corrected chi connectivity index (χ2v) is 4.10. The molecule has 13 heavy (non-hydrogen) atoms. The lowest BCUT2D eigenvalue weighted by atomic mass is 9.93. The van der Waals surface area contributed by atoms with Gasteiger partial charge >= 0.3 is 0 Å². The highest BCUT2D eigenvalue weighted by molar-refractivity contribution is 5.34. The van der Waals surface area contributed by atoms with E-state index in [0.29, 0.717) is 0 Å². The van der Waals surface area contributed by atoms with Gasteiger partial charge in [-0.15, -0.1) is 5.10 Å². The predicted octanol–water partition coefficient (Wildman–Crippen LogP) is 1.42. The van der Waals surface area contributed by atoms with Crippen molar-refractivity contribution in [2.45, 2.75) is 26.2 Å². The van der Waals surface area contributed by atoms with Crippen LogP contribution in [-0.4, -0.2) is 19.8 Å². The topological polar surface area (TPSA) is 43.1 Å². The van der Waals surface area contributed by atoms with Gasteiger partial charge in [0, 0.05) is 11.5 Å². The van der Waals surface area contributed by atoms with Crippen LogP contribution in [0.5, 0.6) is 0 Å². The Hall–Kier alpha value is -1.45. The molecule has 0 fully saturated rings. The van der Waals surface area contributed by atoms with E-state index < -0.39 is 0 Å². The number of fused-ring (bicyclic) bond motifs is 1. The minimum Gasteiger partial charge on any atom is -0.219 e. The zero-order valence-corrected chi connectivity index (χ0v) is 8.02. The van der Waals surface area contributed by atoms with Crippen LogP contribution in [0.3, 0.4) is 0 Å². The minimum absolute atomic E-state index is 0.0210. The molecule has 0 unspecified atom stereocenters. The highest BCUT2D eigenvalue weighted by Gasteiger charge is 2.16. The summed E-state index contributed by atoms with van der Waals surface area (Å²) in [6.45, 7) is 6.31. The Morgan fingerprint density at radius 2 is 2.00 bits per heavy atom. The van der Waals surface area contributed by atoms with Crippen molar-refractivity contribution in [3.8, 4) is 0 Å². The summed E-state index contributed by atoms with van der Waals surface area (Å²) in [6.07, 6.45) is 3.64. The summed E-state index contributed by atoms with van der Waals surface area (Å²) in [6, 6.07) is 1.83. The molecule has 68 valence electrons. The van der Waals surface area contributed by atoms with Gasteiger partial charge in [0.2, 0.25) is 0 Å². The zero-order valence-electron chi connectivity index (χ0n) is 8.02. The summed E-state index contributed by atoms with van der Waals surface area (Å²) in [5.74, 6) is 0. The first-order valence-corrected chi connectivity index (χ1v) is 4.25. The molecule has 0 aromatic carbocycles. The van der Waals surface area contributed by atoms with Crippen molar-refractivity contribution in [3.63, 3.8) is 0 Å². The molecule has 0 saturated heterocycles. The Kier molecular flexibility index (Phi) is 1.58. The summed E-state index contributed by atoms with van der Waals surface area (Å²) in [5.41, 5.74) is 1.75. The Morgan fingerprint density at radius 1 is 1.23 bits per heavy atom. The van der Waals surface area contributed by atoms with Gasteiger partial charge in [-0.1, -0.05) is 20.8 Å². The highest BCUT2D eigenvalue weighted by Crippen LogP contribution is 2.18. The zero-order chi connectivity index (χ0) is 9.47. The summed E-state index contributed by atoms with van der Waals surface area (Å²) in [7, 11) is 0. The third-order valence-electron chi connectivity index (χ3n) is 1.92. The number of hydrogen-bond donors (Lipinski definition) is 0. The van der Waals surface area contributed by atoms with Gasteiger partial charge in [-0.3, -0.25) is 0 Å². The van der Waals surface area contributed by atoms with Crippen molar-refractivity contribution in [3.05, 3.63) is 24.2 Å². The van der Waals surface area contributed by atoms with E-state index >= 15 is 0 Å².